The molecule has 0 unspecified atom stereocenters. The van der Waals surface area contributed by atoms with Crippen LogP contribution in [-0.2, 0) is 4.79 Å². The lowest BCUT2D eigenvalue weighted by molar-refractivity contribution is -0.124. The van der Waals surface area contributed by atoms with Gasteiger partial charge in [-0.25, -0.2) is 5.84 Å². The van der Waals surface area contributed by atoms with Gasteiger partial charge >= 0.3 is 0 Å². The predicted octanol–water partition coefficient (Wildman–Crippen LogP) is 0.477. The molecule has 3 N–H and O–H groups in total. The average Bonchev–Trinajstić information content (AvgIpc) is 2.53. The first-order chi connectivity index (χ1) is 6.19. The largest absolute Gasteiger partial charge is 0.292 e. The molecule has 0 saturated heterocycles. The predicted molar refractivity (Wildman–Crippen MR) is 48.9 cm³/mol. The molecule has 72 valence electrons. The molecule has 13 heavy (non-hydrogen) atoms. The van der Waals surface area contributed by atoms with E-state index in [-0.39, 0.29) is 5.91 Å². The van der Waals surface area contributed by atoms with E-state index in [1.54, 1.807) is 6.20 Å². The van der Waals surface area contributed by atoms with E-state index < -0.39 is 6.04 Å². The standard InChI is InChI=1S/C7H11ClN4O/c1-2-6(7(13)11-9)12-4-5(8)3-10-12/h3-4,6H,2,9H2,1H3,(H,11,13)/t6-/m0/s1. The molecule has 0 aliphatic rings. The maximum Gasteiger partial charge on any atom is 0.258 e. The molecule has 1 amide bonds. The van der Waals surface area contributed by atoms with Crippen molar-refractivity contribution >= 4 is 17.5 Å². The third-order valence-electron chi connectivity index (χ3n) is 1.72. The van der Waals surface area contributed by atoms with Crippen molar-refractivity contribution in [3.63, 3.8) is 0 Å². The molecule has 1 aromatic heterocycles. The Morgan fingerprint density at radius 2 is 2.62 bits per heavy atom. The smallest absolute Gasteiger partial charge is 0.258 e. The molecule has 0 bridgehead atoms. The number of carbonyl (C=O) groups is 1. The van der Waals surface area contributed by atoms with Crippen LogP contribution in [0.1, 0.15) is 19.4 Å². The molecule has 1 rings (SSSR count). The Morgan fingerprint density at radius 1 is 1.92 bits per heavy atom. The van der Waals surface area contributed by atoms with Crippen molar-refractivity contribution < 1.29 is 4.79 Å². The Morgan fingerprint density at radius 3 is 3.00 bits per heavy atom. The Hall–Kier alpha value is -1.07. The molecule has 0 aliphatic heterocycles. The zero-order chi connectivity index (χ0) is 9.84. The van der Waals surface area contributed by atoms with Crippen LogP contribution < -0.4 is 11.3 Å². The van der Waals surface area contributed by atoms with Gasteiger partial charge in [-0.3, -0.25) is 14.9 Å². The first-order valence-electron chi connectivity index (χ1n) is 3.89. The van der Waals surface area contributed by atoms with Crippen molar-refractivity contribution in [2.75, 3.05) is 0 Å². The highest BCUT2D eigenvalue weighted by molar-refractivity contribution is 6.30. The number of hydrogen-bond donors (Lipinski definition) is 2. The minimum atomic E-state index is -0.391. The molecule has 0 saturated carbocycles. The summed E-state index contributed by atoms with van der Waals surface area (Å²) in [6.45, 7) is 1.87. The Labute approximate surface area is 80.8 Å². The van der Waals surface area contributed by atoms with Crippen LogP contribution in [0.4, 0.5) is 0 Å². The van der Waals surface area contributed by atoms with Crippen LogP contribution in [0, 0.1) is 0 Å². The Balaban J connectivity index is 2.84. The van der Waals surface area contributed by atoms with Crippen LogP contribution >= 0.6 is 11.6 Å². The number of nitrogens with zero attached hydrogens (tertiary/aromatic N) is 2. The van der Waals surface area contributed by atoms with E-state index in [0.717, 1.165) is 0 Å². The van der Waals surface area contributed by atoms with Crippen LogP contribution in [0.15, 0.2) is 12.4 Å². The van der Waals surface area contributed by atoms with Crippen LogP contribution in [0.3, 0.4) is 0 Å². The number of carbonyl (C=O) groups excluding carboxylic acids is 1. The molecular formula is C7H11ClN4O. The second-order valence-electron chi connectivity index (χ2n) is 2.57. The fourth-order valence-electron chi connectivity index (χ4n) is 1.07. The zero-order valence-corrected chi connectivity index (χ0v) is 7.95. The summed E-state index contributed by atoms with van der Waals surface area (Å²) in [6, 6.07) is -0.391. The van der Waals surface area contributed by atoms with Gasteiger partial charge in [0.25, 0.3) is 5.91 Å². The van der Waals surface area contributed by atoms with Gasteiger partial charge in [-0.1, -0.05) is 18.5 Å². The molecule has 1 heterocycles. The molecule has 6 heteroatoms. The summed E-state index contributed by atoms with van der Waals surface area (Å²) < 4.78 is 1.49. The van der Waals surface area contributed by atoms with Crippen molar-refractivity contribution in [3.8, 4) is 0 Å². The van der Waals surface area contributed by atoms with Crippen molar-refractivity contribution in [2.24, 2.45) is 5.84 Å². The highest BCUT2D eigenvalue weighted by atomic mass is 35.5. The number of aromatic nitrogens is 2. The van der Waals surface area contributed by atoms with E-state index in [1.165, 1.54) is 10.9 Å². The molecule has 0 aromatic carbocycles. The average molecular weight is 203 g/mol. The molecule has 0 spiro atoms. The van der Waals surface area contributed by atoms with Crippen LogP contribution in [0.25, 0.3) is 0 Å². The maximum absolute atomic E-state index is 11.2. The molecule has 5 nitrogen and oxygen atoms in total. The third-order valence-corrected chi connectivity index (χ3v) is 1.92. The first kappa shape index (κ1) is 10.0. The van der Waals surface area contributed by atoms with E-state index in [4.69, 9.17) is 17.4 Å². The van der Waals surface area contributed by atoms with Gasteiger partial charge in [-0.05, 0) is 6.42 Å². The quantitative estimate of drug-likeness (QED) is 0.425. The topological polar surface area (TPSA) is 72.9 Å². The fourth-order valence-corrected chi connectivity index (χ4v) is 1.22. The van der Waals surface area contributed by atoms with Gasteiger partial charge in [0.05, 0.1) is 11.2 Å². The normalized spacial score (nSPS) is 12.5. The van der Waals surface area contributed by atoms with E-state index in [0.29, 0.717) is 11.4 Å². The SMILES string of the molecule is CC[C@@H](C(=O)NN)n1cc(Cl)cn1. The van der Waals surface area contributed by atoms with Gasteiger partial charge in [0.1, 0.15) is 6.04 Å². The van der Waals surface area contributed by atoms with E-state index in [2.05, 4.69) is 10.5 Å². The van der Waals surface area contributed by atoms with Gasteiger partial charge in [-0.15, -0.1) is 0 Å². The summed E-state index contributed by atoms with van der Waals surface area (Å²) in [5.41, 5.74) is 2.08. The second-order valence-corrected chi connectivity index (χ2v) is 3.01. The summed E-state index contributed by atoms with van der Waals surface area (Å²) in [5.74, 6) is 4.74. The maximum atomic E-state index is 11.2. The molecule has 0 aliphatic carbocycles. The molecule has 0 radical (unpaired) electrons. The summed E-state index contributed by atoms with van der Waals surface area (Å²) in [7, 11) is 0. The van der Waals surface area contributed by atoms with E-state index >= 15 is 0 Å². The van der Waals surface area contributed by atoms with E-state index in [9.17, 15) is 4.79 Å². The zero-order valence-electron chi connectivity index (χ0n) is 7.20. The van der Waals surface area contributed by atoms with Gasteiger partial charge in [-0.2, -0.15) is 5.10 Å². The van der Waals surface area contributed by atoms with Gasteiger partial charge in [0.2, 0.25) is 0 Å². The Bertz CT molecular complexity index is 298. The highest BCUT2D eigenvalue weighted by Gasteiger charge is 2.17. The first-order valence-corrected chi connectivity index (χ1v) is 4.27. The van der Waals surface area contributed by atoms with Crippen LogP contribution in [0.5, 0.6) is 0 Å². The highest BCUT2D eigenvalue weighted by Crippen LogP contribution is 2.13. The van der Waals surface area contributed by atoms with Gasteiger partial charge in [0.15, 0.2) is 0 Å². The van der Waals surface area contributed by atoms with Crippen molar-refractivity contribution in [3.05, 3.63) is 17.4 Å². The number of rotatable bonds is 3. The molecule has 0 fully saturated rings. The molecule has 1 aromatic rings. The van der Waals surface area contributed by atoms with Crippen LogP contribution in [-0.4, -0.2) is 15.7 Å². The third kappa shape index (κ3) is 2.19. The molecule has 1 atom stereocenters. The summed E-state index contributed by atoms with van der Waals surface area (Å²) in [6.07, 6.45) is 3.68. The lowest BCUT2D eigenvalue weighted by Gasteiger charge is -2.12. The summed E-state index contributed by atoms with van der Waals surface area (Å²) in [4.78, 5) is 11.2. The monoisotopic (exact) mass is 202 g/mol. The summed E-state index contributed by atoms with van der Waals surface area (Å²) >= 11 is 5.66. The lowest BCUT2D eigenvalue weighted by atomic mass is 10.2. The van der Waals surface area contributed by atoms with Gasteiger partial charge in [0, 0.05) is 6.20 Å². The van der Waals surface area contributed by atoms with Crippen molar-refractivity contribution in [2.45, 2.75) is 19.4 Å². The molecular weight excluding hydrogens is 192 g/mol. The fraction of sp³-hybridized carbons (Fsp3) is 0.429. The number of amides is 1. The lowest BCUT2D eigenvalue weighted by Crippen LogP contribution is -2.37. The number of hydrazine groups is 1. The minimum Gasteiger partial charge on any atom is -0.292 e. The second kappa shape index (κ2) is 4.25. The van der Waals surface area contributed by atoms with E-state index in [1.807, 2.05) is 6.92 Å². The number of nitrogens with two attached hydrogens (primary N) is 1. The Kier molecular flexibility index (Phi) is 3.27. The minimum absolute atomic E-state index is 0.276. The summed E-state index contributed by atoms with van der Waals surface area (Å²) in [5, 5.41) is 4.43. The van der Waals surface area contributed by atoms with Crippen LogP contribution in [0.2, 0.25) is 5.02 Å². The van der Waals surface area contributed by atoms with Crippen molar-refractivity contribution in [1.29, 1.82) is 0 Å². The van der Waals surface area contributed by atoms with Gasteiger partial charge < -0.3 is 0 Å². The number of nitrogens with one attached hydrogen (secondary N) is 1. The number of halogens is 1. The number of hydrogen-bond acceptors (Lipinski definition) is 3. The van der Waals surface area contributed by atoms with Crippen molar-refractivity contribution in [1.82, 2.24) is 15.2 Å².